The summed E-state index contributed by atoms with van der Waals surface area (Å²) in [6.07, 6.45) is 0.401. The van der Waals surface area contributed by atoms with Crippen LogP contribution in [-0.4, -0.2) is 22.2 Å². The molecule has 0 N–H and O–H groups in total. The quantitative estimate of drug-likeness (QED) is 0.802. The molecule has 0 aliphatic heterocycles. The van der Waals surface area contributed by atoms with Gasteiger partial charge in [0.2, 0.25) is 5.91 Å². The Morgan fingerprint density at radius 1 is 1.21 bits per heavy atom. The zero-order valence-electron chi connectivity index (χ0n) is 15.8. The third kappa shape index (κ3) is 3.86. The first-order valence-electron chi connectivity index (χ1n) is 8.74. The number of carbonyl (C=O) groups is 1. The lowest BCUT2D eigenvalue weighted by molar-refractivity contribution is -0.118. The van der Waals surface area contributed by atoms with Crippen molar-refractivity contribution >= 4 is 11.6 Å². The summed E-state index contributed by atoms with van der Waals surface area (Å²) < 4.78 is 2.03. The largest absolute Gasteiger partial charge is 0.312 e. The van der Waals surface area contributed by atoms with E-state index in [0.29, 0.717) is 18.9 Å². The first-order chi connectivity index (χ1) is 11.3. The number of carbonyl (C=O) groups excluding carboxylic acids is 1. The minimum atomic E-state index is 0.127. The van der Waals surface area contributed by atoms with Gasteiger partial charge in [-0.25, -0.2) is 0 Å². The summed E-state index contributed by atoms with van der Waals surface area (Å²) in [5, 5.41) is 4.62. The van der Waals surface area contributed by atoms with Gasteiger partial charge in [0.25, 0.3) is 0 Å². The summed E-state index contributed by atoms with van der Waals surface area (Å²) in [7, 11) is 0. The first kappa shape index (κ1) is 18.2. The van der Waals surface area contributed by atoms with Crippen molar-refractivity contribution < 1.29 is 4.79 Å². The predicted octanol–water partition coefficient (Wildman–Crippen LogP) is 4.06. The number of benzene rings is 1. The molecule has 1 amide bonds. The third-order valence-corrected chi connectivity index (χ3v) is 4.42. The minimum Gasteiger partial charge on any atom is -0.312 e. The molecule has 0 fully saturated rings. The van der Waals surface area contributed by atoms with Crippen molar-refractivity contribution in [3.63, 3.8) is 0 Å². The molecule has 1 heterocycles. The fourth-order valence-electron chi connectivity index (χ4n) is 3.11. The molecule has 1 aromatic heterocycles. The molecule has 1 aromatic carbocycles. The summed E-state index contributed by atoms with van der Waals surface area (Å²) in [4.78, 5) is 14.8. The van der Waals surface area contributed by atoms with Crippen molar-refractivity contribution in [3.8, 4) is 0 Å². The molecule has 0 saturated heterocycles. The number of nitrogens with zero attached hydrogens (tertiary/aromatic N) is 3. The summed E-state index contributed by atoms with van der Waals surface area (Å²) in [5.41, 5.74) is 5.25. The number of anilines is 1. The lowest BCUT2D eigenvalue weighted by Crippen LogP contribution is -2.32. The molecule has 0 aliphatic carbocycles. The van der Waals surface area contributed by atoms with Gasteiger partial charge >= 0.3 is 0 Å². The summed E-state index contributed by atoms with van der Waals surface area (Å²) in [6, 6.07) is 8.04. The number of para-hydroxylation sites is 1. The van der Waals surface area contributed by atoms with Gasteiger partial charge in [0.1, 0.15) is 0 Å². The molecule has 130 valence electrons. The molecule has 4 nitrogen and oxygen atoms in total. The van der Waals surface area contributed by atoms with Crippen molar-refractivity contribution in [2.24, 2.45) is 5.92 Å². The zero-order valence-corrected chi connectivity index (χ0v) is 15.8. The van der Waals surface area contributed by atoms with Gasteiger partial charge in [-0.05, 0) is 45.2 Å². The summed E-state index contributed by atoms with van der Waals surface area (Å²) >= 11 is 0. The topological polar surface area (TPSA) is 38.1 Å². The van der Waals surface area contributed by atoms with E-state index in [1.165, 1.54) is 0 Å². The van der Waals surface area contributed by atoms with E-state index in [1.807, 2.05) is 54.6 Å². The smallest absolute Gasteiger partial charge is 0.231 e. The minimum absolute atomic E-state index is 0.127. The van der Waals surface area contributed by atoms with E-state index in [1.54, 1.807) is 0 Å². The predicted molar refractivity (Wildman–Crippen MR) is 99.4 cm³/mol. The van der Waals surface area contributed by atoms with Crippen molar-refractivity contribution in [2.75, 3.05) is 11.4 Å². The number of aryl methyl sites for hydroxylation is 2. The van der Waals surface area contributed by atoms with Gasteiger partial charge in [0.15, 0.2) is 0 Å². The third-order valence-electron chi connectivity index (χ3n) is 4.42. The van der Waals surface area contributed by atoms with Crippen LogP contribution in [0.2, 0.25) is 0 Å². The highest BCUT2D eigenvalue weighted by Crippen LogP contribution is 2.22. The maximum Gasteiger partial charge on any atom is 0.231 e. The second-order valence-electron chi connectivity index (χ2n) is 6.83. The van der Waals surface area contributed by atoms with Gasteiger partial charge in [0, 0.05) is 30.0 Å². The van der Waals surface area contributed by atoms with Crippen LogP contribution in [-0.2, 0) is 17.8 Å². The van der Waals surface area contributed by atoms with E-state index >= 15 is 0 Å². The van der Waals surface area contributed by atoms with Gasteiger partial charge in [-0.1, -0.05) is 32.0 Å². The van der Waals surface area contributed by atoms with Crippen LogP contribution in [0.15, 0.2) is 24.3 Å². The summed E-state index contributed by atoms with van der Waals surface area (Å²) in [5.74, 6) is 0.660. The highest BCUT2D eigenvalue weighted by Gasteiger charge is 2.20. The number of rotatable bonds is 6. The zero-order chi connectivity index (χ0) is 17.9. The van der Waals surface area contributed by atoms with Crippen LogP contribution in [0.5, 0.6) is 0 Å². The first-order valence-corrected chi connectivity index (χ1v) is 8.74. The lowest BCUT2D eigenvalue weighted by Gasteiger charge is -2.23. The van der Waals surface area contributed by atoms with E-state index in [-0.39, 0.29) is 5.91 Å². The molecular weight excluding hydrogens is 298 g/mol. The Bertz CT molecular complexity index is 716. The average molecular weight is 327 g/mol. The number of aromatic nitrogens is 2. The highest BCUT2D eigenvalue weighted by molar-refractivity contribution is 5.95. The molecule has 4 heteroatoms. The van der Waals surface area contributed by atoms with Crippen molar-refractivity contribution in [1.82, 2.24) is 9.78 Å². The molecule has 24 heavy (non-hydrogen) atoms. The van der Waals surface area contributed by atoms with Crippen molar-refractivity contribution in [3.05, 3.63) is 46.8 Å². The van der Waals surface area contributed by atoms with Gasteiger partial charge in [-0.2, -0.15) is 5.10 Å². The maximum atomic E-state index is 12.9. The SMILES string of the molecule is CCN(C(=O)Cc1c(C)nn(CC(C)C)c1C)c1ccccc1C. The van der Waals surface area contributed by atoms with Crippen LogP contribution in [0.25, 0.3) is 0 Å². The van der Waals surface area contributed by atoms with E-state index in [2.05, 4.69) is 25.9 Å². The number of amides is 1. The van der Waals surface area contributed by atoms with Crippen LogP contribution < -0.4 is 4.90 Å². The molecule has 0 saturated carbocycles. The molecular formula is C20H29N3O. The number of likely N-dealkylation sites (N-methyl/N-ethyl adjacent to an activating group) is 1. The van der Waals surface area contributed by atoms with Crippen LogP contribution in [0.3, 0.4) is 0 Å². The maximum absolute atomic E-state index is 12.9. The fraction of sp³-hybridized carbons (Fsp3) is 0.500. The molecule has 0 spiro atoms. The van der Waals surface area contributed by atoms with Crippen LogP contribution >= 0.6 is 0 Å². The Kier molecular flexibility index (Phi) is 5.81. The fourth-order valence-corrected chi connectivity index (χ4v) is 3.11. The highest BCUT2D eigenvalue weighted by atomic mass is 16.2. The number of hydrogen-bond donors (Lipinski definition) is 0. The van der Waals surface area contributed by atoms with Crippen molar-refractivity contribution in [2.45, 2.75) is 54.5 Å². The van der Waals surface area contributed by atoms with Crippen molar-refractivity contribution in [1.29, 1.82) is 0 Å². The van der Waals surface area contributed by atoms with Crippen LogP contribution in [0, 0.1) is 26.7 Å². The van der Waals surface area contributed by atoms with E-state index < -0.39 is 0 Å². The molecule has 0 atom stereocenters. The van der Waals surface area contributed by atoms with Gasteiger partial charge in [-0.15, -0.1) is 0 Å². The van der Waals surface area contributed by atoms with E-state index in [0.717, 1.165) is 34.7 Å². The van der Waals surface area contributed by atoms with Gasteiger partial charge < -0.3 is 4.90 Å². The Balaban J connectivity index is 2.25. The average Bonchev–Trinajstić information content (AvgIpc) is 2.77. The molecule has 0 radical (unpaired) electrons. The summed E-state index contributed by atoms with van der Waals surface area (Å²) in [6.45, 7) is 14.0. The Labute approximate surface area is 145 Å². The molecule has 2 aromatic rings. The Morgan fingerprint density at radius 3 is 2.46 bits per heavy atom. The second kappa shape index (κ2) is 7.65. The van der Waals surface area contributed by atoms with Crippen LogP contribution in [0.1, 0.15) is 43.3 Å². The van der Waals surface area contributed by atoms with Gasteiger partial charge in [-0.3, -0.25) is 9.48 Å². The Hall–Kier alpha value is -2.10. The van der Waals surface area contributed by atoms with E-state index in [9.17, 15) is 4.79 Å². The Morgan fingerprint density at radius 2 is 1.88 bits per heavy atom. The second-order valence-corrected chi connectivity index (χ2v) is 6.83. The molecule has 0 bridgehead atoms. The normalized spacial score (nSPS) is 11.1. The van der Waals surface area contributed by atoms with Crippen LogP contribution in [0.4, 0.5) is 5.69 Å². The number of hydrogen-bond acceptors (Lipinski definition) is 2. The molecule has 2 rings (SSSR count). The molecule has 0 aliphatic rings. The van der Waals surface area contributed by atoms with Gasteiger partial charge in [0.05, 0.1) is 12.1 Å². The monoisotopic (exact) mass is 327 g/mol. The lowest BCUT2D eigenvalue weighted by atomic mass is 10.1. The van der Waals surface area contributed by atoms with E-state index in [4.69, 9.17) is 0 Å². The standard InChI is InChI=1S/C20H29N3O/c1-7-22(19-11-9-8-10-15(19)4)20(24)12-18-16(5)21-23(17(18)6)13-14(2)3/h8-11,14H,7,12-13H2,1-6H3. The molecule has 0 unspecified atom stereocenters.